The van der Waals surface area contributed by atoms with Crippen molar-refractivity contribution < 1.29 is 0 Å². The van der Waals surface area contributed by atoms with E-state index in [2.05, 4.69) is 29.8 Å². The molecule has 1 N–H and O–H groups in total. The van der Waals surface area contributed by atoms with Crippen LogP contribution in [0.3, 0.4) is 0 Å². The van der Waals surface area contributed by atoms with E-state index < -0.39 is 0 Å². The van der Waals surface area contributed by atoms with Gasteiger partial charge >= 0.3 is 0 Å². The molecule has 114 valence electrons. The second kappa shape index (κ2) is 8.79. The van der Waals surface area contributed by atoms with Crippen molar-refractivity contribution in [3.63, 3.8) is 0 Å². The molecule has 0 amide bonds. The Morgan fingerprint density at radius 2 is 2.10 bits per heavy atom. The molecule has 1 aromatic carbocycles. The van der Waals surface area contributed by atoms with Gasteiger partial charge in [0, 0.05) is 21.0 Å². The second-order valence-corrected chi connectivity index (χ2v) is 7.08. The van der Waals surface area contributed by atoms with E-state index in [-0.39, 0.29) is 0 Å². The van der Waals surface area contributed by atoms with Crippen LogP contribution in [0.15, 0.2) is 35.7 Å². The van der Waals surface area contributed by atoms with Crippen LogP contribution in [0, 0.1) is 0 Å². The highest BCUT2D eigenvalue weighted by molar-refractivity contribution is 7.09. The Morgan fingerprint density at radius 1 is 1.24 bits per heavy atom. The number of halogens is 2. The lowest BCUT2D eigenvalue weighted by atomic mass is 10.0. The van der Waals surface area contributed by atoms with Gasteiger partial charge in [-0.25, -0.2) is 0 Å². The standard InChI is InChI=1S/C17H21Cl2NS/c1-2-9-20-15(7-8-16-4-3-10-21-16)11-13-5-6-14(18)12-17(13)19/h3-6,10,12,15,20H,2,7-9,11H2,1H3. The van der Waals surface area contributed by atoms with Gasteiger partial charge in [0.05, 0.1) is 0 Å². The molecule has 4 heteroatoms. The Balaban J connectivity index is 1.97. The first kappa shape index (κ1) is 16.8. The highest BCUT2D eigenvalue weighted by atomic mass is 35.5. The number of hydrogen-bond donors (Lipinski definition) is 1. The van der Waals surface area contributed by atoms with Crippen molar-refractivity contribution in [1.82, 2.24) is 5.32 Å². The molecule has 1 nitrogen and oxygen atoms in total. The minimum atomic E-state index is 0.450. The first-order chi connectivity index (χ1) is 10.2. The normalized spacial score (nSPS) is 12.5. The fourth-order valence-corrected chi connectivity index (χ4v) is 3.56. The Hall–Kier alpha value is -0.540. The minimum Gasteiger partial charge on any atom is -0.314 e. The predicted molar refractivity (Wildman–Crippen MR) is 94.9 cm³/mol. The molecule has 1 heterocycles. The van der Waals surface area contributed by atoms with Crippen molar-refractivity contribution in [3.05, 3.63) is 56.2 Å². The molecule has 2 aromatic rings. The summed E-state index contributed by atoms with van der Waals surface area (Å²) in [5, 5.41) is 7.23. The van der Waals surface area contributed by atoms with E-state index in [4.69, 9.17) is 23.2 Å². The Bertz CT molecular complexity index is 540. The topological polar surface area (TPSA) is 12.0 Å². The van der Waals surface area contributed by atoms with Gasteiger partial charge in [-0.15, -0.1) is 11.3 Å². The summed E-state index contributed by atoms with van der Waals surface area (Å²) in [5.41, 5.74) is 1.17. The van der Waals surface area contributed by atoms with Crippen molar-refractivity contribution in [1.29, 1.82) is 0 Å². The average molecular weight is 342 g/mol. The number of nitrogens with one attached hydrogen (secondary N) is 1. The fraction of sp³-hybridized carbons (Fsp3) is 0.412. The zero-order chi connectivity index (χ0) is 15.1. The van der Waals surface area contributed by atoms with Crippen LogP contribution >= 0.6 is 34.5 Å². The molecule has 0 fully saturated rings. The largest absolute Gasteiger partial charge is 0.314 e. The fourth-order valence-electron chi connectivity index (χ4n) is 2.35. The van der Waals surface area contributed by atoms with Gasteiger partial charge in [0.15, 0.2) is 0 Å². The van der Waals surface area contributed by atoms with Gasteiger partial charge in [-0.1, -0.05) is 42.3 Å². The second-order valence-electron chi connectivity index (χ2n) is 5.21. The van der Waals surface area contributed by atoms with E-state index in [9.17, 15) is 0 Å². The summed E-state index contributed by atoms with van der Waals surface area (Å²) >= 11 is 14.1. The molecule has 0 radical (unpaired) electrons. The molecule has 1 aromatic heterocycles. The molecular formula is C17H21Cl2NS. The van der Waals surface area contributed by atoms with E-state index >= 15 is 0 Å². The Morgan fingerprint density at radius 3 is 2.76 bits per heavy atom. The van der Waals surface area contributed by atoms with E-state index in [1.54, 1.807) is 0 Å². The van der Waals surface area contributed by atoms with Crippen LogP contribution in [0.5, 0.6) is 0 Å². The summed E-state index contributed by atoms with van der Waals surface area (Å²) < 4.78 is 0. The van der Waals surface area contributed by atoms with Gasteiger partial charge in [-0.05, 0) is 61.4 Å². The first-order valence-corrected chi connectivity index (χ1v) is 9.02. The lowest BCUT2D eigenvalue weighted by molar-refractivity contribution is 0.479. The molecule has 0 saturated carbocycles. The minimum absolute atomic E-state index is 0.450. The molecule has 0 spiro atoms. The molecule has 1 unspecified atom stereocenters. The smallest absolute Gasteiger partial charge is 0.0453 e. The number of hydrogen-bond acceptors (Lipinski definition) is 2. The summed E-state index contributed by atoms with van der Waals surface area (Å²) in [4.78, 5) is 1.44. The SMILES string of the molecule is CCCNC(CCc1cccs1)Cc1ccc(Cl)cc1Cl. The van der Waals surface area contributed by atoms with E-state index in [1.807, 2.05) is 29.5 Å². The van der Waals surface area contributed by atoms with Crippen LogP contribution in [0.2, 0.25) is 10.0 Å². The molecule has 0 bridgehead atoms. The lowest BCUT2D eigenvalue weighted by Gasteiger charge is -2.19. The third-order valence-electron chi connectivity index (χ3n) is 3.48. The summed E-state index contributed by atoms with van der Waals surface area (Å²) in [6.45, 7) is 3.24. The van der Waals surface area contributed by atoms with Crippen LogP contribution in [-0.2, 0) is 12.8 Å². The molecule has 0 aliphatic rings. The summed E-state index contributed by atoms with van der Waals surface area (Å²) in [7, 11) is 0. The third-order valence-corrected chi connectivity index (χ3v) is 5.01. The Kier molecular flexibility index (Phi) is 7.05. The molecular weight excluding hydrogens is 321 g/mol. The maximum absolute atomic E-state index is 6.30. The van der Waals surface area contributed by atoms with Gasteiger partial charge in [0.1, 0.15) is 0 Å². The molecule has 2 rings (SSSR count). The quantitative estimate of drug-likeness (QED) is 0.658. The highest BCUT2D eigenvalue weighted by Crippen LogP contribution is 2.23. The summed E-state index contributed by atoms with van der Waals surface area (Å²) in [5.74, 6) is 0. The zero-order valence-corrected chi connectivity index (χ0v) is 14.6. The van der Waals surface area contributed by atoms with Gasteiger partial charge in [-0.2, -0.15) is 0 Å². The molecule has 0 aliphatic carbocycles. The number of benzene rings is 1. The van der Waals surface area contributed by atoms with Crippen molar-refractivity contribution in [2.24, 2.45) is 0 Å². The van der Waals surface area contributed by atoms with Crippen molar-refractivity contribution >= 4 is 34.5 Å². The third kappa shape index (κ3) is 5.63. The van der Waals surface area contributed by atoms with E-state index in [1.165, 1.54) is 10.4 Å². The van der Waals surface area contributed by atoms with E-state index in [0.717, 1.165) is 37.3 Å². The van der Waals surface area contributed by atoms with Crippen LogP contribution in [-0.4, -0.2) is 12.6 Å². The summed E-state index contributed by atoms with van der Waals surface area (Å²) in [6.07, 6.45) is 4.33. The van der Waals surface area contributed by atoms with Crippen molar-refractivity contribution in [2.75, 3.05) is 6.54 Å². The molecule has 21 heavy (non-hydrogen) atoms. The predicted octanol–water partition coefficient (Wildman–Crippen LogP) is 5.60. The first-order valence-electron chi connectivity index (χ1n) is 7.38. The van der Waals surface area contributed by atoms with Gasteiger partial charge in [0.2, 0.25) is 0 Å². The average Bonchev–Trinajstić information content (AvgIpc) is 2.97. The number of thiophene rings is 1. The molecule has 0 aliphatic heterocycles. The molecule has 0 saturated heterocycles. The van der Waals surface area contributed by atoms with Crippen LogP contribution in [0.4, 0.5) is 0 Å². The van der Waals surface area contributed by atoms with Crippen LogP contribution in [0.1, 0.15) is 30.2 Å². The molecule has 1 atom stereocenters. The Labute approximate surface area is 141 Å². The van der Waals surface area contributed by atoms with Crippen molar-refractivity contribution in [3.8, 4) is 0 Å². The van der Waals surface area contributed by atoms with Crippen LogP contribution < -0.4 is 5.32 Å². The number of rotatable bonds is 8. The van der Waals surface area contributed by atoms with Gasteiger partial charge < -0.3 is 5.32 Å². The zero-order valence-electron chi connectivity index (χ0n) is 12.2. The maximum atomic E-state index is 6.30. The van der Waals surface area contributed by atoms with Gasteiger partial charge in [-0.3, -0.25) is 0 Å². The monoisotopic (exact) mass is 341 g/mol. The van der Waals surface area contributed by atoms with E-state index in [0.29, 0.717) is 11.1 Å². The lowest BCUT2D eigenvalue weighted by Crippen LogP contribution is -2.32. The highest BCUT2D eigenvalue weighted by Gasteiger charge is 2.12. The summed E-state index contributed by atoms with van der Waals surface area (Å²) in [6, 6.07) is 10.6. The number of aryl methyl sites for hydroxylation is 1. The maximum Gasteiger partial charge on any atom is 0.0453 e. The van der Waals surface area contributed by atoms with Gasteiger partial charge in [0.25, 0.3) is 0 Å². The van der Waals surface area contributed by atoms with Crippen molar-refractivity contribution in [2.45, 2.75) is 38.6 Å². The van der Waals surface area contributed by atoms with Crippen LogP contribution in [0.25, 0.3) is 0 Å².